The van der Waals surface area contributed by atoms with E-state index in [0.29, 0.717) is 5.92 Å². The monoisotopic (exact) mass is 327 g/mol. The Morgan fingerprint density at radius 1 is 1.37 bits per heavy atom. The van der Waals surface area contributed by atoms with E-state index in [1.807, 2.05) is 7.05 Å². The number of aromatic nitrogens is 2. The molecule has 1 N–H and O–H groups in total. The summed E-state index contributed by atoms with van der Waals surface area (Å²) in [6.45, 7) is 5.16. The maximum Gasteiger partial charge on any atom is 0.144 e. The summed E-state index contributed by atoms with van der Waals surface area (Å²) in [5.74, 6) is 2.11. The number of anilines is 1. The average molecular weight is 328 g/mol. The highest BCUT2D eigenvalue weighted by Gasteiger charge is 2.19. The van der Waals surface area contributed by atoms with Crippen molar-refractivity contribution in [2.75, 3.05) is 19.0 Å². The molecule has 106 valence electrons. The van der Waals surface area contributed by atoms with E-state index in [1.54, 1.807) is 0 Å². The van der Waals surface area contributed by atoms with Crippen LogP contribution in [-0.4, -0.2) is 29.7 Å². The third-order valence-corrected chi connectivity index (χ3v) is 4.17. The molecule has 1 saturated heterocycles. The summed E-state index contributed by atoms with van der Waals surface area (Å²) in [5, 5.41) is 3.13. The number of hydrogen-bond acceptors (Lipinski definition) is 4. The smallest absolute Gasteiger partial charge is 0.144 e. The van der Waals surface area contributed by atoms with Gasteiger partial charge in [0.05, 0.1) is 16.3 Å². The molecule has 1 atom stereocenters. The van der Waals surface area contributed by atoms with Crippen molar-refractivity contribution in [3.05, 3.63) is 16.0 Å². The molecule has 0 aromatic carbocycles. The molecule has 1 aromatic heterocycles. The number of nitrogens with zero attached hydrogens (tertiary/aromatic N) is 2. The van der Waals surface area contributed by atoms with E-state index in [2.05, 4.69) is 40.1 Å². The molecule has 0 radical (unpaired) electrons. The lowest BCUT2D eigenvalue weighted by atomic mass is 10.1. The van der Waals surface area contributed by atoms with Crippen molar-refractivity contribution in [1.29, 1.82) is 0 Å². The van der Waals surface area contributed by atoms with Gasteiger partial charge in [-0.2, -0.15) is 0 Å². The minimum Gasteiger partial charge on any atom is -0.378 e. The van der Waals surface area contributed by atoms with Crippen LogP contribution in [0.1, 0.15) is 50.5 Å². The highest BCUT2D eigenvalue weighted by Crippen LogP contribution is 2.29. The van der Waals surface area contributed by atoms with Gasteiger partial charge in [-0.15, -0.1) is 0 Å². The first-order valence-corrected chi connectivity index (χ1v) is 7.76. The summed E-state index contributed by atoms with van der Waals surface area (Å²) >= 11 is 3.58. The van der Waals surface area contributed by atoms with Crippen LogP contribution in [0.25, 0.3) is 0 Å². The minimum absolute atomic E-state index is 0.277. The Hall–Kier alpha value is -0.680. The summed E-state index contributed by atoms with van der Waals surface area (Å²) in [4.78, 5) is 9.28. The van der Waals surface area contributed by atoms with Gasteiger partial charge in [-0.1, -0.05) is 13.8 Å². The molecule has 4 nitrogen and oxygen atoms in total. The predicted octanol–water partition coefficient (Wildman–Crippen LogP) is 3.52. The molecule has 1 unspecified atom stereocenters. The van der Waals surface area contributed by atoms with Gasteiger partial charge in [0.2, 0.25) is 0 Å². The van der Waals surface area contributed by atoms with Crippen molar-refractivity contribution in [2.45, 2.75) is 51.6 Å². The lowest BCUT2D eigenvalue weighted by Crippen LogP contribution is -2.23. The first-order chi connectivity index (χ1) is 9.11. The molecule has 0 spiro atoms. The van der Waals surface area contributed by atoms with Crippen LogP contribution >= 0.6 is 15.9 Å². The highest BCUT2D eigenvalue weighted by molar-refractivity contribution is 9.10. The average Bonchev–Trinajstić information content (AvgIpc) is 2.41. The third-order valence-electron chi connectivity index (χ3n) is 3.39. The van der Waals surface area contributed by atoms with Crippen molar-refractivity contribution in [3.63, 3.8) is 0 Å². The van der Waals surface area contributed by atoms with E-state index < -0.39 is 0 Å². The number of nitrogens with one attached hydrogen (secondary N) is 1. The fourth-order valence-corrected chi connectivity index (χ4v) is 3.16. The zero-order chi connectivity index (χ0) is 13.8. The molecular formula is C14H22BrN3O. The van der Waals surface area contributed by atoms with Crippen molar-refractivity contribution in [3.8, 4) is 0 Å². The van der Waals surface area contributed by atoms with E-state index in [4.69, 9.17) is 9.72 Å². The Morgan fingerprint density at radius 2 is 2.16 bits per heavy atom. The Balaban J connectivity index is 2.21. The molecule has 0 bridgehead atoms. The van der Waals surface area contributed by atoms with Crippen LogP contribution in [0.4, 0.5) is 5.82 Å². The molecule has 0 aliphatic carbocycles. The summed E-state index contributed by atoms with van der Waals surface area (Å²) in [7, 11) is 1.89. The van der Waals surface area contributed by atoms with Crippen LogP contribution in [0, 0.1) is 0 Å². The number of hydrogen-bond donors (Lipinski definition) is 1. The summed E-state index contributed by atoms with van der Waals surface area (Å²) in [6.07, 6.45) is 4.63. The van der Waals surface area contributed by atoms with Crippen molar-refractivity contribution in [1.82, 2.24) is 9.97 Å². The Kier molecular flexibility index (Phi) is 5.16. The molecule has 1 aromatic rings. The Morgan fingerprint density at radius 3 is 2.74 bits per heavy atom. The lowest BCUT2D eigenvalue weighted by Gasteiger charge is -2.22. The second-order valence-corrected chi connectivity index (χ2v) is 6.08. The summed E-state index contributed by atoms with van der Waals surface area (Å²) in [6, 6.07) is 0. The van der Waals surface area contributed by atoms with E-state index >= 15 is 0 Å². The molecule has 1 aliphatic heterocycles. The maximum absolute atomic E-state index is 5.77. The van der Waals surface area contributed by atoms with E-state index in [9.17, 15) is 0 Å². The summed E-state index contributed by atoms with van der Waals surface area (Å²) in [5.41, 5.74) is 1.06. The predicted molar refractivity (Wildman–Crippen MR) is 80.7 cm³/mol. The molecule has 1 aliphatic rings. The molecular weight excluding hydrogens is 306 g/mol. The maximum atomic E-state index is 5.77. The molecule has 19 heavy (non-hydrogen) atoms. The second-order valence-electron chi connectivity index (χ2n) is 5.29. The van der Waals surface area contributed by atoms with Crippen LogP contribution in [0.5, 0.6) is 0 Å². The first kappa shape index (κ1) is 14.7. The molecule has 2 rings (SSSR count). The van der Waals surface area contributed by atoms with Gasteiger partial charge < -0.3 is 10.1 Å². The van der Waals surface area contributed by atoms with Crippen LogP contribution in [0.15, 0.2) is 4.47 Å². The lowest BCUT2D eigenvalue weighted by molar-refractivity contribution is 0.0156. The zero-order valence-corrected chi connectivity index (χ0v) is 13.5. The number of halogens is 1. The number of ether oxygens (including phenoxy) is 1. The van der Waals surface area contributed by atoms with Crippen LogP contribution in [0.2, 0.25) is 0 Å². The van der Waals surface area contributed by atoms with Gasteiger partial charge in [-0.3, -0.25) is 0 Å². The Bertz CT molecular complexity index is 431. The van der Waals surface area contributed by atoms with Gasteiger partial charge in [-0.25, -0.2) is 9.97 Å². The van der Waals surface area contributed by atoms with Crippen molar-refractivity contribution in [2.24, 2.45) is 0 Å². The number of rotatable bonds is 4. The molecule has 5 heteroatoms. The van der Waals surface area contributed by atoms with Gasteiger partial charge >= 0.3 is 0 Å². The van der Waals surface area contributed by atoms with Gasteiger partial charge in [-0.05, 0) is 41.1 Å². The standard InChI is InChI=1S/C14H22BrN3O/c1-9(2)13-12(15)14(16-3)18-11(17-13)8-10-6-4-5-7-19-10/h9-10H,4-8H2,1-3H3,(H,16,17,18). The quantitative estimate of drug-likeness (QED) is 0.919. The van der Waals surface area contributed by atoms with Crippen LogP contribution in [-0.2, 0) is 11.2 Å². The fourth-order valence-electron chi connectivity index (χ4n) is 2.32. The third kappa shape index (κ3) is 3.66. The first-order valence-electron chi connectivity index (χ1n) is 6.97. The molecule has 0 saturated carbocycles. The van der Waals surface area contributed by atoms with Gasteiger partial charge in [0.25, 0.3) is 0 Å². The van der Waals surface area contributed by atoms with E-state index in [-0.39, 0.29) is 6.10 Å². The normalized spacial score (nSPS) is 19.7. The van der Waals surface area contributed by atoms with Crippen LogP contribution in [0.3, 0.4) is 0 Å². The highest BCUT2D eigenvalue weighted by atomic mass is 79.9. The van der Waals surface area contributed by atoms with Gasteiger partial charge in [0.1, 0.15) is 11.6 Å². The fraction of sp³-hybridized carbons (Fsp3) is 0.714. The van der Waals surface area contributed by atoms with Gasteiger partial charge in [0.15, 0.2) is 0 Å². The molecule has 0 amide bonds. The zero-order valence-electron chi connectivity index (χ0n) is 11.9. The van der Waals surface area contributed by atoms with Gasteiger partial charge in [0, 0.05) is 20.1 Å². The SMILES string of the molecule is CNc1nc(CC2CCCCO2)nc(C(C)C)c1Br. The second kappa shape index (κ2) is 6.66. The van der Waals surface area contributed by atoms with Crippen LogP contribution < -0.4 is 5.32 Å². The molecule has 2 heterocycles. The minimum atomic E-state index is 0.277. The topological polar surface area (TPSA) is 47.0 Å². The molecule has 1 fully saturated rings. The van der Waals surface area contributed by atoms with E-state index in [1.165, 1.54) is 12.8 Å². The van der Waals surface area contributed by atoms with Crippen molar-refractivity contribution >= 4 is 21.7 Å². The van der Waals surface area contributed by atoms with Crippen molar-refractivity contribution < 1.29 is 4.74 Å². The Labute approximate surface area is 123 Å². The van der Waals surface area contributed by atoms with E-state index in [0.717, 1.165) is 41.3 Å². The largest absolute Gasteiger partial charge is 0.378 e. The summed E-state index contributed by atoms with van der Waals surface area (Å²) < 4.78 is 6.74.